The number of carbonyl (C=O) groups excluding carboxylic acids is 1. The lowest BCUT2D eigenvalue weighted by Crippen LogP contribution is -2.38. The van der Waals surface area contributed by atoms with Crippen molar-refractivity contribution in [3.05, 3.63) is 77.6 Å². The average Bonchev–Trinajstić information content (AvgIpc) is 3.08. The van der Waals surface area contributed by atoms with Crippen molar-refractivity contribution in [1.29, 1.82) is 0 Å². The van der Waals surface area contributed by atoms with Crippen molar-refractivity contribution in [3.63, 3.8) is 0 Å². The molecule has 0 saturated carbocycles. The molecule has 1 aromatic heterocycles. The van der Waals surface area contributed by atoms with E-state index in [1.807, 2.05) is 72.5 Å². The molecule has 0 aliphatic heterocycles. The van der Waals surface area contributed by atoms with Gasteiger partial charge in [0.15, 0.2) is 5.69 Å². The first-order valence-corrected chi connectivity index (χ1v) is 8.94. The van der Waals surface area contributed by atoms with Crippen molar-refractivity contribution >= 4 is 5.91 Å². The molecule has 0 spiro atoms. The Bertz CT molecular complexity index is 858. The minimum atomic E-state index is -0.0807. The Balaban J connectivity index is 1.90. The van der Waals surface area contributed by atoms with E-state index < -0.39 is 0 Å². The Hall–Kier alpha value is -2.95. The summed E-state index contributed by atoms with van der Waals surface area (Å²) in [6, 6.07) is 19.8. The third-order valence-corrected chi connectivity index (χ3v) is 4.55. The van der Waals surface area contributed by atoms with E-state index >= 15 is 0 Å². The molecule has 0 fully saturated rings. The quantitative estimate of drug-likeness (QED) is 0.676. The largest absolute Gasteiger partial charge is 0.330 e. The van der Waals surface area contributed by atoms with Gasteiger partial charge in [0.1, 0.15) is 0 Å². The minimum Gasteiger partial charge on any atom is -0.330 e. The van der Waals surface area contributed by atoms with E-state index in [4.69, 9.17) is 0 Å². The number of aromatic nitrogens is 3. The minimum absolute atomic E-state index is 0.0807. The standard InChI is InChI=1S/C21H24N4O/c1-4-16(2)24(15-18-11-7-5-8-12-18)21(26)20-17(3)22-25(23-20)19-13-9-6-10-14-19/h5-14,16H,4,15H2,1-3H3. The topological polar surface area (TPSA) is 51.0 Å². The fourth-order valence-electron chi connectivity index (χ4n) is 2.82. The van der Waals surface area contributed by atoms with Gasteiger partial charge in [-0.05, 0) is 38.0 Å². The smallest absolute Gasteiger partial charge is 0.276 e. The molecule has 0 aliphatic carbocycles. The van der Waals surface area contributed by atoms with E-state index in [0.29, 0.717) is 17.9 Å². The summed E-state index contributed by atoms with van der Waals surface area (Å²) >= 11 is 0. The first kappa shape index (κ1) is 17.9. The molecule has 134 valence electrons. The normalized spacial score (nSPS) is 12.0. The van der Waals surface area contributed by atoms with Crippen LogP contribution in [0.25, 0.3) is 5.69 Å². The lowest BCUT2D eigenvalue weighted by atomic mass is 10.1. The summed E-state index contributed by atoms with van der Waals surface area (Å²) in [5.74, 6) is -0.0807. The Labute approximate surface area is 154 Å². The van der Waals surface area contributed by atoms with Crippen LogP contribution in [0.3, 0.4) is 0 Å². The van der Waals surface area contributed by atoms with Gasteiger partial charge in [-0.2, -0.15) is 9.90 Å². The fraction of sp³-hybridized carbons (Fsp3) is 0.286. The van der Waals surface area contributed by atoms with E-state index in [1.165, 1.54) is 4.80 Å². The number of aryl methyl sites for hydroxylation is 1. The van der Waals surface area contributed by atoms with Crippen LogP contribution in [0.15, 0.2) is 60.7 Å². The summed E-state index contributed by atoms with van der Waals surface area (Å²) in [7, 11) is 0. The lowest BCUT2D eigenvalue weighted by Gasteiger charge is -2.28. The van der Waals surface area contributed by atoms with Gasteiger partial charge < -0.3 is 4.90 Å². The van der Waals surface area contributed by atoms with Crippen LogP contribution < -0.4 is 0 Å². The highest BCUT2D eigenvalue weighted by Gasteiger charge is 2.25. The van der Waals surface area contributed by atoms with E-state index in [0.717, 1.165) is 17.7 Å². The monoisotopic (exact) mass is 348 g/mol. The van der Waals surface area contributed by atoms with Crippen LogP contribution in [-0.4, -0.2) is 31.8 Å². The summed E-state index contributed by atoms with van der Waals surface area (Å²) in [5, 5.41) is 8.91. The molecule has 0 bridgehead atoms. The molecule has 0 N–H and O–H groups in total. The summed E-state index contributed by atoms with van der Waals surface area (Å²) in [4.78, 5) is 16.6. The molecule has 1 heterocycles. The summed E-state index contributed by atoms with van der Waals surface area (Å²) < 4.78 is 0. The number of para-hydroxylation sites is 1. The zero-order valence-electron chi connectivity index (χ0n) is 15.5. The van der Waals surface area contributed by atoms with Crippen LogP contribution in [0.1, 0.15) is 42.0 Å². The number of hydrogen-bond donors (Lipinski definition) is 0. The van der Waals surface area contributed by atoms with Crippen molar-refractivity contribution in [2.24, 2.45) is 0 Å². The molecule has 3 aromatic rings. The van der Waals surface area contributed by atoms with Crippen LogP contribution in [0.2, 0.25) is 0 Å². The highest BCUT2D eigenvalue weighted by atomic mass is 16.2. The number of hydrogen-bond acceptors (Lipinski definition) is 3. The predicted octanol–water partition coefficient (Wildman–Crippen LogP) is 4.02. The number of carbonyl (C=O) groups is 1. The molecule has 2 aromatic carbocycles. The first-order valence-electron chi connectivity index (χ1n) is 8.94. The lowest BCUT2D eigenvalue weighted by molar-refractivity contribution is 0.0664. The maximum atomic E-state index is 13.2. The molecule has 1 atom stereocenters. The second kappa shape index (κ2) is 7.95. The van der Waals surface area contributed by atoms with Gasteiger partial charge >= 0.3 is 0 Å². The molecule has 5 heteroatoms. The summed E-state index contributed by atoms with van der Waals surface area (Å²) in [6.45, 7) is 6.55. The van der Waals surface area contributed by atoms with Crippen molar-refractivity contribution in [3.8, 4) is 5.69 Å². The van der Waals surface area contributed by atoms with Crippen LogP contribution in [0, 0.1) is 6.92 Å². The fourth-order valence-corrected chi connectivity index (χ4v) is 2.82. The molecule has 1 amide bonds. The highest BCUT2D eigenvalue weighted by Crippen LogP contribution is 2.17. The van der Waals surface area contributed by atoms with Gasteiger partial charge in [0.25, 0.3) is 5.91 Å². The third kappa shape index (κ3) is 3.82. The van der Waals surface area contributed by atoms with Crippen LogP contribution in [0.5, 0.6) is 0 Å². The summed E-state index contributed by atoms with van der Waals surface area (Å²) in [6.07, 6.45) is 0.879. The molecule has 0 aliphatic rings. The zero-order valence-corrected chi connectivity index (χ0v) is 15.5. The molecular weight excluding hydrogens is 324 g/mol. The average molecular weight is 348 g/mol. The number of benzene rings is 2. The highest BCUT2D eigenvalue weighted by molar-refractivity contribution is 5.93. The van der Waals surface area contributed by atoms with E-state index in [2.05, 4.69) is 24.0 Å². The maximum absolute atomic E-state index is 13.2. The molecular formula is C21H24N4O. The van der Waals surface area contributed by atoms with Crippen LogP contribution in [-0.2, 0) is 6.54 Å². The van der Waals surface area contributed by atoms with Crippen molar-refractivity contribution in [2.75, 3.05) is 0 Å². The molecule has 0 radical (unpaired) electrons. The second-order valence-electron chi connectivity index (χ2n) is 6.43. The zero-order chi connectivity index (χ0) is 18.5. The second-order valence-corrected chi connectivity index (χ2v) is 6.43. The van der Waals surface area contributed by atoms with Crippen LogP contribution >= 0.6 is 0 Å². The predicted molar refractivity (Wildman–Crippen MR) is 102 cm³/mol. The molecule has 1 unspecified atom stereocenters. The molecule has 3 rings (SSSR count). The van der Waals surface area contributed by atoms with Gasteiger partial charge in [-0.1, -0.05) is 55.5 Å². The molecule has 26 heavy (non-hydrogen) atoms. The Morgan fingerprint density at radius 1 is 1.04 bits per heavy atom. The third-order valence-electron chi connectivity index (χ3n) is 4.55. The SMILES string of the molecule is CCC(C)N(Cc1ccccc1)C(=O)c1nn(-c2ccccc2)nc1C. The van der Waals surface area contributed by atoms with E-state index in [9.17, 15) is 4.79 Å². The van der Waals surface area contributed by atoms with E-state index in [-0.39, 0.29) is 11.9 Å². The molecule has 0 saturated heterocycles. The van der Waals surface area contributed by atoms with Gasteiger partial charge in [0.2, 0.25) is 0 Å². The Morgan fingerprint density at radius 2 is 1.65 bits per heavy atom. The van der Waals surface area contributed by atoms with Gasteiger partial charge in [-0.25, -0.2) is 0 Å². The first-order chi connectivity index (χ1) is 12.6. The number of nitrogens with zero attached hydrogens (tertiary/aromatic N) is 4. The number of amides is 1. The van der Waals surface area contributed by atoms with Crippen molar-refractivity contribution in [2.45, 2.75) is 39.8 Å². The molecule has 5 nitrogen and oxygen atoms in total. The van der Waals surface area contributed by atoms with E-state index in [1.54, 1.807) is 0 Å². The van der Waals surface area contributed by atoms with Crippen molar-refractivity contribution < 1.29 is 4.79 Å². The number of rotatable bonds is 6. The Kier molecular flexibility index (Phi) is 5.46. The van der Waals surface area contributed by atoms with Crippen LogP contribution in [0.4, 0.5) is 0 Å². The Morgan fingerprint density at radius 3 is 2.27 bits per heavy atom. The van der Waals surface area contributed by atoms with Gasteiger partial charge in [0.05, 0.1) is 11.4 Å². The maximum Gasteiger partial charge on any atom is 0.276 e. The van der Waals surface area contributed by atoms with Crippen molar-refractivity contribution in [1.82, 2.24) is 19.9 Å². The van der Waals surface area contributed by atoms with Gasteiger partial charge in [-0.3, -0.25) is 4.79 Å². The van der Waals surface area contributed by atoms with Gasteiger partial charge in [-0.15, -0.1) is 5.10 Å². The van der Waals surface area contributed by atoms with Gasteiger partial charge in [0, 0.05) is 12.6 Å². The summed E-state index contributed by atoms with van der Waals surface area (Å²) in [5.41, 5.74) is 2.99.